The number of rotatable bonds is 2. The van der Waals surface area contributed by atoms with Crippen molar-refractivity contribution in [3.8, 4) is 17.1 Å². The molecule has 1 aromatic heterocycles. The summed E-state index contributed by atoms with van der Waals surface area (Å²) in [5.41, 5.74) is 3.19. The second-order valence-corrected chi connectivity index (χ2v) is 4.42. The Morgan fingerprint density at radius 3 is 2.26 bits per heavy atom. The monoisotopic (exact) mass is 250 g/mol. The Hall–Kier alpha value is -2.42. The van der Waals surface area contributed by atoms with Crippen LogP contribution >= 0.6 is 0 Å². The van der Waals surface area contributed by atoms with Crippen molar-refractivity contribution in [3.63, 3.8) is 0 Å². The van der Waals surface area contributed by atoms with Gasteiger partial charge in [0.15, 0.2) is 0 Å². The van der Waals surface area contributed by atoms with Gasteiger partial charge in [0.2, 0.25) is 5.88 Å². The van der Waals surface area contributed by atoms with Gasteiger partial charge >= 0.3 is 0 Å². The van der Waals surface area contributed by atoms with E-state index in [-0.39, 0.29) is 0 Å². The third kappa shape index (κ3) is 1.93. The Kier molecular flexibility index (Phi) is 2.88. The van der Waals surface area contributed by atoms with Crippen molar-refractivity contribution in [1.29, 1.82) is 0 Å². The molecule has 3 heteroatoms. The Bertz CT molecular complexity index is 738. The molecule has 94 valence electrons. The first-order valence-electron chi connectivity index (χ1n) is 6.16. The van der Waals surface area contributed by atoms with Crippen LogP contribution in [0.5, 0.6) is 5.88 Å². The lowest BCUT2D eigenvalue weighted by atomic mass is 10.0. The highest BCUT2D eigenvalue weighted by atomic mass is 16.5. The lowest BCUT2D eigenvalue weighted by Gasteiger charge is -2.09. The molecule has 0 N–H and O–H groups in total. The maximum absolute atomic E-state index is 5.27. The van der Waals surface area contributed by atoms with Gasteiger partial charge < -0.3 is 4.74 Å². The Morgan fingerprint density at radius 2 is 1.53 bits per heavy atom. The van der Waals surface area contributed by atoms with E-state index in [0.29, 0.717) is 5.88 Å². The summed E-state index contributed by atoms with van der Waals surface area (Å²) in [6.07, 6.45) is 0. The van der Waals surface area contributed by atoms with Gasteiger partial charge in [0, 0.05) is 16.3 Å². The molecule has 0 saturated heterocycles. The van der Waals surface area contributed by atoms with Crippen LogP contribution in [0, 0.1) is 6.92 Å². The van der Waals surface area contributed by atoms with Crippen LogP contribution in [0.2, 0.25) is 0 Å². The minimum atomic E-state index is 0.563. The van der Waals surface area contributed by atoms with Crippen LogP contribution in [0.25, 0.3) is 22.0 Å². The highest BCUT2D eigenvalue weighted by Crippen LogP contribution is 2.31. The average Bonchev–Trinajstić information content (AvgIpc) is 2.47. The molecular formula is C16H14N2O. The van der Waals surface area contributed by atoms with E-state index in [1.807, 2.05) is 36.4 Å². The summed E-state index contributed by atoms with van der Waals surface area (Å²) in [5.74, 6) is 0.563. The zero-order valence-electron chi connectivity index (χ0n) is 10.9. The van der Waals surface area contributed by atoms with Gasteiger partial charge in [-0.25, -0.2) is 0 Å². The number of aryl methyl sites for hydroxylation is 1. The first-order chi connectivity index (χ1) is 9.31. The summed E-state index contributed by atoms with van der Waals surface area (Å²) >= 11 is 0. The maximum atomic E-state index is 5.27. The highest BCUT2D eigenvalue weighted by molar-refractivity contribution is 5.97. The Balaban J connectivity index is 2.35. The van der Waals surface area contributed by atoms with Gasteiger partial charge in [0.05, 0.1) is 7.11 Å². The lowest BCUT2D eigenvalue weighted by Crippen LogP contribution is -1.96. The van der Waals surface area contributed by atoms with E-state index in [0.717, 1.165) is 22.0 Å². The van der Waals surface area contributed by atoms with Gasteiger partial charge in [-0.1, -0.05) is 42.5 Å². The summed E-state index contributed by atoms with van der Waals surface area (Å²) in [5, 5.41) is 10.5. The van der Waals surface area contributed by atoms with E-state index >= 15 is 0 Å². The zero-order valence-corrected chi connectivity index (χ0v) is 10.9. The van der Waals surface area contributed by atoms with E-state index in [4.69, 9.17) is 4.74 Å². The van der Waals surface area contributed by atoms with Crippen molar-refractivity contribution in [2.45, 2.75) is 6.92 Å². The molecule has 0 aliphatic heterocycles. The number of fused-ring (bicyclic) bond motifs is 1. The number of ether oxygens (including phenoxy) is 1. The van der Waals surface area contributed by atoms with Crippen LogP contribution in [0.15, 0.2) is 48.5 Å². The minimum Gasteiger partial charge on any atom is -0.479 e. The number of benzene rings is 2. The van der Waals surface area contributed by atoms with Crippen molar-refractivity contribution >= 4 is 10.8 Å². The molecule has 0 bridgehead atoms. The summed E-state index contributed by atoms with van der Waals surface area (Å²) in [6, 6.07) is 16.2. The molecule has 0 saturated carbocycles. The summed E-state index contributed by atoms with van der Waals surface area (Å²) in [6.45, 7) is 2.08. The van der Waals surface area contributed by atoms with Gasteiger partial charge in [-0.3, -0.25) is 0 Å². The summed E-state index contributed by atoms with van der Waals surface area (Å²) < 4.78 is 5.27. The van der Waals surface area contributed by atoms with E-state index in [9.17, 15) is 0 Å². The Morgan fingerprint density at radius 1 is 0.842 bits per heavy atom. The van der Waals surface area contributed by atoms with Crippen LogP contribution in [0.3, 0.4) is 0 Å². The summed E-state index contributed by atoms with van der Waals surface area (Å²) in [4.78, 5) is 0. The number of aromatic nitrogens is 2. The first-order valence-corrected chi connectivity index (χ1v) is 6.16. The van der Waals surface area contributed by atoms with Crippen LogP contribution in [0.4, 0.5) is 0 Å². The van der Waals surface area contributed by atoms with E-state index < -0.39 is 0 Å². The molecule has 0 aliphatic rings. The van der Waals surface area contributed by atoms with Crippen molar-refractivity contribution in [2.24, 2.45) is 0 Å². The topological polar surface area (TPSA) is 35.0 Å². The fourth-order valence-electron chi connectivity index (χ4n) is 2.27. The lowest BCUT2D eigenvalue weighted by molar-refractivity contribution is 0.398. The SMILES string of the molecule is COc1nnc(-c2ccccc2C)c2ccccc12. The van der Waals surface area contributed by atoms with Crippen molar-refractivity contribution in [1.82, 2.24) is 10.2 Å². The molecule has 3 aromatic rings. The van der Waals surface area contributed by atoms with Crippen LogP contribution in [-0.4, -0.2) is 17.3 Å². The second-order valence-electron chi connectivity index (χ2n) is 4.42. The largest absolute Gasteiger partial charge is 0.479 e. The van der Waals surface area contributed by atoms with E-state index in [1.54, 1.807) is 7.11 Å². The number of methoxy groups -OCH3 is 1. The van der Waals surface area contributed by atoms with Gasteiger partial charge in [-0.15, -0.1) is 10.2 Å². The third-order valence-corrected chi connectivity index (χ3v) is 3.25. The molecule has 0 aliphatic carbocycles. The quantitative estimate of drug-likeness (QED) is 0.696. The number of hydrogen-bond acceptors (Lipinski definition) is 3. The molecule has 0 amide bonds. The van der Waals surface area contributed by atoms with Gasteiger partial charge in [0.25, 0.3) is 0 Å². The van der Waals surface area contributed by atoms with Crippen molar-refractivity contribution in [3.05, 3.63) is 54.1 Å². The van der Waals surface area contributed by atoms with E-state index in [2.05, 4.69) is 29.3 Å². The smallest absolute Gasteiger partial charge is 0.241 e. The second kappa shape index (κ2) is 4.69. The number of nitrogens with zero attached hydrogens (tertiary/aromatic N) is 2. The molecule has 3 nitrogen and oxygen atoms in total. The molecule has 2 aromatic carbocycles. The van der Waals surface area contributed by atoms with Crippen LogP contribution in [0.1, 0.15) is 5.56 Å². The normalized spacial score (nSPS) is 10.6. The van der Waals surface area contributed by atoms with Crippen LogP contribution in [-0.2, 0) is 0 Å². The van der Waals surface area contributed by atoms with Crippen molar-refractivity contribution in [2.75, 3.05) is 7.11 Å². The van der Waals surface area contributed by atoms with E-state index in [1.165, 1.54) is 5.56 Å². The number of hydrogen-bond donors (Lipinski definition) is 0. The predicted molar refractivity (Wildman–Crippen MR) is 76.3 cm³/mol. The molecule has 0 spiro atoms. The molecule has 0 radical (unpaired) electrons. The summed E-state index contributed by atoms with van der Waals surface area (Å²) in [7, 11) is 1.61. The zero-order chi connectivity index (χ0) is 13.2. The minimum absolute atomic E-state index is 0.563. The average molecular weight is 250 g/mol. The highest BCUT2D eigenvalue weighted by Gasteiger charge is 2.11. The molecule has 19 heavy (non-hydrogen) atoms. The van der Waals surface area contributed by atoms with Gasteiger partial charge in [-0.05, 0) is 18.6 Å². The van der Waals surface area contributed by atoms with Crippen LogP contribution < -0.4 is 4.74 Å². The maximum Gasteiger partial charge on any atom is 0.241 e. The van der Waals surface area contributed by atoms with Gasteiger partial charge in [-0.2, -0.15) is 0 Å². The Labute approximate surface area is 111 Å². The predicted octanol–water partition coefficient (Wildman–Crippen LogP) is 3.61. The van der Waals surface area contributed by atoms with Gasteiger partial charge in [0.1, 0.15) is 5.69 Å². The molecule has 0 unspecified atom stereocenters. The first kappa shape index (κ1) is 11.7. The molecule has 3 rings (SSSR count). The molecule has 0 fully saturated rings. The fraction of sp³-hybridized carbons (Fsp3) is 0.125. The fourth-order valence-corrected chi connectivity index (χ4v) is 2.27. The standard InChI is InChI=1S/C16H14N2O/c1-11-7-3-4-8-12(11)15-13-9-5-6-10-14(13)16(19-2)18-17-15/h3-10H,1-2H3. The molecule has 1 heterocycles. The third-order valence-electron chi connectivity index (χ3n) is 3.25. The molecular weight excluding hydrogens is 236 g/mol. The van der Waals surface area contributed by atoms with Crippen molar-refractivity contribution < 1.29 is 4.74 Å². The molecule has 0 atom stereocenters.